The highest BCUT2D eigenvalue weighted by Crippen LogP contribution is 2.30. The van der Waals surface area contributed by atoms with E-state index in [4.69, 9.17) is 10.00 Å². The van der Waals surface area contributed by atoms with Crippen molar-refractivity contribution in [3.05, 3.63) is 59.3 Å². The van der Waals surface area contributed by atoms with Gasteiger partial charge in [-0.25, -0.2) is 18.6 Å². The molecule has 1 aromatic heterocycles. The average Bonchev–Trinajstić information content (AvgIpc) is 2.62. The number of nitriles is 1. The highest BCUT2D eigenvalue weighted by Gasteiger charge is 2.14. The van der Waals surface area contributed by atoms with E-state index in [9.17, 15) is 8.60 Å². The van der Waals surface area contributed by atoms with E-state index in [0.717, 1.165) is 16.6 Å². The Kier molecular flexibility index (Phi) is 5.80. The number of ether oxygens (including phenoxy) is 1. The molecule has 6 nitrogen and oxygen atoms in total. The van der Waals surface area contributed by atoms with Gasteiger partial charge in [0.05, 0.1) is 16.9 Å². The van der Waals surface area contributed by atoms with Crippen molar-refractivity contribution in [2.24, 2.45) is 4.36 Å². The van der Waals surface area contributed by atoms with E-state index >= 15 is 0 Å². The zero-order chi connectivity index (χ0) is 21.2. The fourth-order valence-electron chi connectivity index (χ4n) is 3.07. The lowest BCUT2D eigenvalue weighted by Crippen LogP contribution is -2.10. The van der Waals surface area contributed by atoms with Crippen LogP contribution in [-0.4, -0.2) is 32.8 Å². The minimum absolute atomic E-state index is 0.312. The topological polar surface area (TPSA) is 88.2 Å². The number of benzene rings is 2. The molecular weight excluding hydrogens is 391 g/mol. The monoisotopic (exact) mass is 412 g/mol. The minimum atomic E-state index is -2.29. The molecule has 1 heterocycles. The van der Waals surface area contributed by atoms with E-state index in [2.05, 4.69) is 14.3 Å². The van der Waals surface area contributed by atoms with Crippen molar-refractivity contribution >= 4 is 26.3 Å². The van der Waals surface area contributed by atoms with E-state index in [0.29, 0.717) is 28.9 Å². The first-order valence-electron chi connectivity index (χ1n) is 8.92. The summed E-state index contributed by atoms with van der Waals surface area (Å²) >= 11 is 0. The van der Waals surface area contributed by atoms with Gasteiger partial charge in [0, 0.05) is 45.7 Å². The summed E-state index contributed by atoms with van der Waals surface area (Å²) in [6, 6.07) is 9.87. The van der Waals surface area contributed by atoms with Crippen LogP contribution in [0.4, 0.5) is 10.1 Å². The minimum Gasteiger partial charge on any atom is -0.475 e. The largest absolute Gasteiger partial charge is 0.475 e. The Bertz CT molecular complexity index is 1240. The van der Waals surface area contributed by atoms with Crippen LogP contribution in [0.3, 0.4) is 0 Å². The number of fused-ring (bicyclic) bond motifs is 1. The van der Waals surface area contributed by atoms with Gasteiger partial charge in [-0.1, -0.05) is 6.07 Å². The molecule has 0 aliphatic rings. The summed E-state index contributed by atoms with van der Waals surface area (Å²) in [6.07, 6.45) is 4.29. The van der Waals surface area contributed by atoms with Crippen LogP contribution in [0.1, 0.15) is 23.7 Å². The zero-order valence-electron chi connectivity index (χ0n) is 16.6. The van der Waals surface area contributed by atoms with Crippen LogP contribution in [0.25, 0.3) is 10.9 Å². The van der Waals surface area contributed by atoms with Crippen LogP contribution in [0, 0.1) is 24.1 Å². The number of halogens is 1. The van der Waals surface area contributed by atoms with Crippen LogP contribution in [0.15, 0.2) is 41.0 Å². The first-order valence-corrected chi connectivity index (χ1v) is 11.3. The van der Waals surface area contributed by atoms with Crippen molar-refractivity contribution < 1.29 is 13.3 Å². The van der Waals surface area contributed by atoms with Crippen molar-refractivity contribution in [2.75, 3.05) is 12.5 Å². The molecule has 0 aliphatic heterocycles. The molecule has 0 amide bonds. The van der Waals surface area contributed by atoms with E-state index in [1.54, 1.807) is 31.6 Å². The number of rotatable bonds is 5. The Balaban J connectivity index is 2.09. The Morgan fingerprint density at radius 3 is 2.72 bits per heavy atom. The van der Waals surface area contributed by atoms with Crippen molar-refractivity contribution in [1.29, 1.82) is 5.26 Å². The molecule has 1 atom stereocenters. The summed E-state index contributed by atoms with van der Waals surface area (Å²) in [7, 11) is -2.29. The third kappa shape index (κ3) is 5.06. The van der Waals surface area contributed by atoms with Crippen molar-refractivity contribution in [1.82, 2.24) is 9.97 Å². The molecule has 2 aromatic carbocycles. The first-order chi connectivity index (χ1) is 13.7. The average molecular weight is 412 g/mol. The molecule has 0 fully saturated rings. The maximum Gasteiger partial charge on any atom is 0.181 e. The molecule has 1 unspecified atom stereocenters. The standard InChI is InChI=1S/C21H21FN4O2S/c1-13-7-17(26-29(3,4)27)10-19-21(13)18(24-12-25-19)8-15-5-6-16(22)9-20(15)28-14(2)11-23/h5-7,9-10,12,14H,8H2,1-4H3. The van der Waals surface area contributed by atoms with Gasteiger partial charge in [0.25, 0.3) is 0 Å². The third-order valence-electron chi connectivity index (χ3n) is 4.20. The molecule has 150 valence electrons. The van der Waals surface area contributed by atoms with Crippen LogP contribution in [0.5, 0.6) is 5.75 Å². The summed E-state index contributed by atoms with van der Waals surface area (Å²) < 4.78 is 35.6. The number of aryl methyl sites for hydroxylation is 1. The van der Waals surface area contributed by atoms with Crippen LogP contribution < -0.4 is 4.74 Å². The fraction of sp³-hybridized carbons (Fsp3) is 0.286. The fourth-order valence-corrected chi connectivity index (χ4v) is 3.69. The molecule has 0 saturated heterocycles. The number of aromatic nitrogens is 2. The first kappa shape index (κ1) is 20.7. The lowest BCUT2D eigenvalue weighted by Gasteiger charge is -2.14. The Hall–Kier alpha value is -3.05. The molecule has 3 aromatic rings. The molecule has 0 radical (unpaired) electrons. The Morgan fingerprint density at radius 1 is 1.28 bits per heavy atom. The van der Waals surface area contributed by atoms with Gasteiger partial charge in [-0.2, -0.15) is 9.62 Å². The van der Waals surface area contributed by atoms with Gasteiger partial charge >= 0.3 is 0 Å². The summed E-state index contributed by atoms with van der Waals surface area (Å²) in [6.45, 7) is 3.52. The normalized spacial score (nSPS) is 12.4. The van der Waals surface area contributed by atoms with E-state index < -0.39 is 21.7 Å². The van der Waals surface area contributed by atoms with Gasteiger partial charge in [0.15, 0.2) is 6.10 Å². The molecule has 0 spiro atoms. The van der Waals surface area contributed by atoms with Crippen molar-refractivity contribution in [2.45, 2.75) is 26.4 Å². The molecule has 3 rings (SSSR count). The molecule has 29 heavy (non-hydrogen) atoms. The second-order valence-electron chi connectivity index (χ2n) is 7.07. The summed E-state index contributed by atoms with van der Waals surface area (Å²) in [5.41, 5.74) is 3.65. The number of hydrogen-bond donors (Lipinski definition) is 0. The zero-order valence-corrected chi connectivity index (χ0v) is 17.5. The van der Waals surface area contributed by atoms with Gasteiger partial charge in [-0.05, 0) is 37.6 Å². The predicted molar refractivity (Wildman–Crippen MR) is 111 cm³/mol. The van der Waals surface area contributed by atoms with Crippen LogP contribution in [0.2, 0.25) is 0 Å². The van der Waals surface area contributed by atoms with Gasteiger partial charge < -0.3 is 4.74 Å². The Labute approximate surface area is 169 Å². The van der Waals surface area contributed by atoms with E-state index in [1.165, 1.54) is 18.5 Å². The molecular formula is C21H21FN4O2S. The van der Waals surface area contributed by atoms with Gasteiger partial charge in [0.1, 0.15) is 24.0 Å². The highest BCUT2D eigenvalue weighted by molar-refractivity contribution is 7.92. The van der Waals surface area contributed by atoms with Gasteiger partial charge in [-0.3, -0.25) is 0 Å². The number of nitrogens with zero attached hydrogens (tertiary/aromatic N) is 4. The maximum atomic E-state index is 13.7. The van der Waals surface area contributed by atoms with E-state index in [-0.39, 0.29) is 0 Å². The molecule has 8 heteroatoms. The predicted octanol–water partition coefficient (Wildman–Crippen LogP) is 4.32. The van der Waals surface area contributed by atoms with Crippen LogP contribution in [-0.2, 0) is 16.1 Å². The molecule has 0 aliphatic carbocycles. The number of hydrogen-bond acceptors (Lipinski definition) is 6. The maximum absolute atomic E-state index is 13.7. The van der Waals surface area contributed by atoms with E-state index in [1.807, 2.05) is 19.1 Å². The van der Waals surface area contributed by atoms with Crippen LogP contribution >= 0.6 is 0 Å². The van der Waals surface area contributed by atoms with Gasteiger partial charge in [0.2, 0.25) is 0 Å². The lowest BCUT2D eigenvalue weighted by molar-refractivity contribution is 0.272. The SMILES string of the molecule is Cc1cc(N=S(C)(C)=O)cc2ncnc(Cc3ccc(F)cc3OC(C)C#N)c12. The summed E-state index contributed by atoms with van der Waals surface area (Å²) in [5, 5.41) is 9.87. The molecule has 0 bridgehead atoms. The second kappa shape index (κ2) is 8.13. The Morgan fingerprint density at radius 2 is 2.03 bits per heavy atom. The smallest absolute Gasteiger partial charge is 0.181 e. The van der Waals surface area contributed by atoms with Crippen molar-refractivity contribution in [3.63, 3.8) is 0 Å². The van der Waals surface area contributed by atoms with Crippen molar-refractivity contribution in [3.8, 4) is 11.8 Å². The molecule has 0 saturated carbocycles. The van der Waals surface area contributed by atoms with Gasteiger partial charge in [-0.15, -0.1) is 0 Å². The summed E-state index contributed by atoms with van der Waals surface area (Å²) in [4.78, 5) is 8.75. The summed E-state index contributed by atoms with van der Waals surface area (Å²) in [5.74, 6) is -0.126. The second-order valence-corrected chi connectivity index (χ2v) is 9.61. The lowest BCUT2D eigenvalue weighted by atomic mass is 10.0. The quantitative estimate of drug-likeness (QED) is 0.623. The molecule has 0 N–H and O–H groups in total. The highest BCUT2D eigenvalue weighted by atomic mass is 32.2. The third-order valence-corrected chi connectivity index (χ3v) is 4.85.